The van der Waals surface area contributed by atoms with E-state index in [9.17, 15) is 0 Å². The molecule has 3 aromatic rings. The van der Waals surface area contributed by atoms with Gasteiger partial charge in [-0.2, -0.15) is 5.10 Å². The first kappa shape index (κ1) is 23.3. The Morgan fingerprint density at radius 3 is 1.91 bits per heavy atom. The molecule has 3 nitrogen and oxygen atoms in total. The Hall–Kier alpha value is -1.44. The van der Waals surface area contributed by atoms with E-state index in [4.69, 9.17) is 9.52 Å². The molecule has 0 aliphatic heterocycles. The van der Waals surface area contributed by atoms with Crippen molar-refractivity contribution >= 4 is 41.3 Å². The van der Waals surface area contributed by atoms with Gasteiger partial charge in [0.2, 0.25) is 0 Å². The van der Waals surface area contributed by atoms with Crippen LogP contribution in [-0.4, -0.2) is 24.2 Å². The van der Waals surface area contributed by atoms with Gasteiger partial charge >= 0.3 is 0 Å². The van der Waals surface area contributed by atoms with Crippen molar-refractivity contribution in [3.05, 3.63) is 76.1 Å². The minimum Gasteiger partial charge on any atom is -0.404 e. The molecule has 2 fully saturated rings. The summed E-state index contributed by atoms with van der Waals surface area (Å²) in [5.74, 6) is 2.12. The summed E-state index contributed by atoms with van der Waals surface area (Å²) in [4.78, 5) is 0. The molecule has 2 saturated carbocycles. The van der Waals surface area contributed by atoms with Crippen LogP contribution in [0.4, 0.5) is 0 Å². The molecule has 2 aliphatic rings. The Morgan fingerprint density at radius 2 is 1.45 bits per heavy atom. The Bertz CT molecular complexity index is 1050. The van der Waals surface area contributed by atoms with Crippen LogP contribution in [0.5, 0.6) is 0 Å². The highest BCUT2D eigenvalue weighted by Gasteiger charge is 2.60. The fraction of sp³-hybridized carbons (Fsp3) is 0.464. The van der Waals surface area contributed by atoms with Gasteiger partial charge in [-0.1, -0.05) is 81.4 Å². The van der Waals surface area contributed by atoms with Crippen LogP contribution in [0, 0.1) is 15.5 Å². The second-order valence-electron chi connectivity index (χ2n) is 11.2. The Kier molecular flexibility index (Phi) is 6.11. The first-order chi connectivity index (χ1) is 15.7. The smallest absolute Gasteiger partial charge is 0.261 e. The van der Waals surface area contributed by atoms with E-state index in [1.165, 1.54) is 28.9 Å². The molecule has 33 heavy (non-hydrogen) atoms. The summed E-state index contributed by atoms with van der Waals surface area (Å²) in [5.41, 5.74) is 1.44. The molecule has 0 amide bonds. The number of hydrogen-bond acceptors (Lipinski definition) is 2. The fourth-order valence-electron chi connectivity index (χ4n) is 6.31. The molecule has 0 N–H and O–H groups in total. The summed E-state index contributed by atoms with van der Waals surface area (Å²) in [5, 5.41) is 7.57. The van der Waals surface area contributed by atoms with Crippen molar-refractivity contribution < 1.29 is 4.43 Å². The van der Waals surface area contributed by atoms with E-state index in [2.05, 4.69) is 129 Å². The Morgan fingerprint density at radius 1 is 0.939 bits per heavy atom. The van der Waals surface area contributed by atoms with Crippen LogP contribution in [0.1, 0.15) is 65.1 Å². The van der Waals surface area contributed by atoms with Crippen LogP contribution in [0.25, 0.3) is 0 Å². The number of aromatic nitrogens is 2. The maximum atomic E-state index is 7.42. The largest absolute Gasteiger partial charge is 0.404 e. The lowest BCUT2D eigenvalue weighted by Crippen LogP contribution is -2.67. The van der Waals surface area contributed by atoms with Gasteiger partial charge in [-0.25, -0.2) is 0 Å². The zero-order valence-corrected chi connectivity index (χ0v) is 23.5. The van der Waals surface area contributed by atoms with Gasteiger partial charge in [-0.15, -0.1) is 0 Å². The topological polar surface area (TPSA) is 27.1 Å². The molecule has 174 valence electrons. The van der Waals surface area contributed by atoms with Crippen LogP contribution in [-0.2, 0) is 4.43 Å². The van der Waals surface area contributed by atoms with Gasteiger partial charge < -0.3 is 4.43 Å². The summed E-state index contributed by atoms with van der Waals surface area (Å²) < 4.78 is 10.8. The predicted molar refractivity (Wildman–Crippen MR) is 147 cm³/mol. The second kappa shape index (κ2) is 8.65. The fourth-order valence-corrected chi connectivity index (χ4v) is 11.6. The Labute approximate surface area is 213 Å². The van der Waals surface area contributed by atoms with E-state index < -0.39 is 8.32 Å². The van der Waals surface area contributed by atoms with Crippen LogP contribution in [0.15, 0.2) is 66.7 Å². The maximum Gasteiger partial charge on any atom is 0.261 e. The second-order valence-corrected chi connectivity index (χ2v) is 16.5. The number of fused-ring (bicyclic) bond motifs is 1. The summed E-state index contributed by atoms with van der Waals surface area (Å²) in [6, 6.07) is 24.8. The molecule has 0 bridgehead atoms. The van der Waals surface area contributed by atoms with Gasteiger partial charge in [-0.05, 0) is 82.6 Å². The highest BCUT2D eigenvalue weighted by molar-refractivity contribution is 14.1. The van der Waals surface area contributed by atoms with Crippen LogP contribution in [0.3, 0.4) is 0 Å². The number of hydrogen-bond donors (Lipinski definition) is 0. The number of halogens is 1. The van der Waals surface area contributed by atoms with E-state index in [0.29, 0.717) is 18.1 Å². The third-order valence-corrected chi connectivity index (χ3v) is 13.3. The van der Waals surface area contributed by atoms with Crippen molar-refractivity contribution in [2.24, 2.45) is 11.8 Å². The van der Waals surface area contributed by atoms with Crippen molar-refractivity contribution in [2.75, 3.05) is 0 Å². The van der Waals surface area contributed by atoms with Crippen molar-refractivity contribution in [1.82, 2.24) is 9.78 Å². The quantitative estimate of drug-likeness (QED) is 0.263. The SMILES string of the molecule is CC(C)n1nc(I)cc1C1[C@H]2CC(O[Si](c3ccccc3)(c3ccccc3)C(C)(C)C)C[C@@H]12. The molecular weight excluding hydrogens is 535 g/mol. The Balaban J connectivity index is 1.44. The predicted octanol–water partition coefficient (Wildman–Crippen LogP) is 6.14. The van der Waals surface area contributed by atoms with E-state index >= 15 is 0 Å². The number of nitrogens with zero attached hydrogens (tertiary/aromatic N) is 2. The maximum absolute atomic E-state index is 7.42. The number of benzene rings is 2. The zero-order valence-electron chi connectivity index (χ0n) is 20.3. The van der Waals surface area contributed by atoms with Crippen LogP contribution in [0.2, 0.25) is 5.04 Å². The van der Waals surface area contributed by atoms with Crippen molar-refractivity contribution in [3.8, 4) is 0 Å². The van der Waals surface area contributed by atoms with Crippen molar-refractivity contribution in [3.63, 3.8) is 0 Å². The molecule has 2 unspecified atom stereocenters. The highest BCUT2D eigenvalue weighted by Crippen LogP contribution is 2.64. The van der Waals surface area contributed by atoms with Crippen molar-refractivity contribution in [2.45, 2.75) is 70.6 Å². The van der Waals surface area contributed by atoms with Crippen LogP contribution < -0.4 is 10.4 Å². The molecule has 1 heterocycles. The molecule has 5 rings (SSSR count). The molecule has 5 heteroatoms. The summed E-state index contributed by atoms with van der Waals surface area (Å²) in [7, 11) is -2.47. The van der Waals surface area contributed by atoms with Gasteiger partial charge in [0.05, 0.1) is 0 Å². The number of rotatable bonds is 6. The van der Waals surface area contributed by atoms with Crippen LogP contribution >= 0.6 is 22.6 Å². The summed E-state index contributed by atoms with van der Waals surface area (Å²) in [6.07, 6.45) is 2.66. The molecule has 0 radical (unpaired) electrons. The molecular formula is C28H35IN2OSi. The van der Waals surface area contributed by atoms with E-state index in [0.717, 1.165) is 15.5 Å². The molecule has 1 aromatic heterocycles. The molecule has 2 aromatic carbocycles. The van der Waals surface area contributed by atoms with Gasteiger partial charge in [0.15, 0.2) is 0 Å². The summed E-state index contributed by atoms with van der Waals surface area (Å²) >= 11 is 2.36. The van der Waals surface area contributed by atoms with E-state index in [1.54, 1.807) is 0 Å². The monoisotopic (exact) mass is 570 g/mol. The highest BCUT2D eigenvalue weighted by atomic mass is 127. The molecule has 0 spiro atoms. The zero-order chi connectivity index (χ0) is 23.4. The third kappa shape index (κ3) is 4.04. The molecule has 4 atom stereocenters. The minimum atomic E-state index is -2.47. The first-order valence-electron chi connectivity index (χ1n) is 12.3. The van der Waals surface area contributed by atoms with E-state index in [1.807, 2.05) is 0 Å². The average molecular weight is 571 g/mol. The normalized spacial score (nSPS) is 24.8. The van der Waals surface area contributed by atoms with Gasteiger partial charge in [0, 0.05) is 23.8 Å². The van der Waals surface area contributed by atoms with Gasteiger partial charge in [0.1, 0.15) is 3.70 Å². The molecule has 2 aliphatic carbocycles. The lowest BCUT2D eigenvalue weighted by molar-refractivity contribution is 0.177. The van der Waals surface area contributed by atoms with E-state index in [-0.39, 0.29) is 5.04 Å². The lowest BCUT2D eigenvalue weighted by Gasteiger charge is -2.45. The molecule has 0 saturated heterocycles. The minimum absolute atomic E-state index is 0.0360. The average Bonchev–Trinajstić information content (AvgIpc) is 3.09. The third-order valence-electron chi connectivity index (χ3n) is 7.73. The van der Waals surface area contributed by atoms with Gasteiger partial charge in [0.25, 0.3) is 8.32 Å². The lowest BCUT2D eigenvalue weighted by atomic mass is 10.1. The first-order valence-corrected chi connectivity index (χ1v) is 15.2. The van der Waals surface area contributed by atoms with Gasteiger partial charge in [-0.3, -0.25) is 4.68 Å². The summed E-state index contributed by atoms with van der Waals surface area (Å²) in [6.45, 7) is 11.6. The van der Waals surface area contributed by atoms with Crippen molar-refractivity contribution in [1.29, 1.82) is 0 Å². The standard InChI is InChI=1S/C28H35IN2OSi/c1-19(2)31-25(18-26(29)30-31)27-23-16-20(17-24(23)27)32-33(28(3,4)5,21-12-8-6-9-13-21)22-14-10-7-11-15-22/h6-15,18-20,23-24,27H,16-17H2,1-5H3/t20?,23-,24+,27?.